The molecular formula is C26H39N5O5. The third kappa shape index (κ3) is 5.22. The fourth-order valence-corrected chi connectivity index (χ4v) is 5.68. The zero-order valence-electron chi connectivity index (χ0n) is 22.2. The molecule has 0 saturated carbocycles. The minimum Gasteiger partial charge on any atom is -0.444 e. The lowest BCUT2D eigenvalue weighted by Crippen LogP contribution is -2.43. The summed E-state index contributed by atoms with van der Waals surface area (Å²) >= 11 is 0. The predicted octanol–water partition coefficient (Wildman–Crippen LogP) is 3.54. The van der Waals surface area contributed by atoms with Crippen molar-refractivity contribution in [2.75, 3.05) is 19.6 Å². The highest BCUT2D eigenvalue weighted by atomic mass is 16.8. The molecule has 1 N–H and O–H groups in total. The first kappa shape index (κ1) is 25.4. The third-order valence-electron chi connectivity index (χ3n) is 7.17. The predicted molar refractivity (Wildman–Crippen MR) is 133 cm³/mol. The molecule has 198 valence electrons. The van der Waals surface area contributed by atoms with Crippen LogP contribution in [0.5, 0.6) is 0 Å². The van der Waals surface area contributed by atoms with Gasteiger partial charge in [-0.25, -0.2) is 14.8 Å². The van der Waals surface area contributed by atoms with Crippen LogP contribution in [0.4, 0.5) is 4.79 Å². The van der Waals surface area contributed by atoms with Crippen molar-refractivity contribution in [3.63, 3.8) is 0 Å². The average molecular weight is 502 g/mol. The Morgan fingerprint density at radius 2 is 2.03 bits per heavy atom. The Morgan fingerprint density at radius 3 is 2.81 bits per heavy atom. The number of ether oxygens (including phenoxy) is 4. The van der Waals surface area contributed by atoms with Crippen LogP contribution in [0.1, 0.15) is 65.8 Å². The van der Waals surface area contributed by atoms with Crippen LogP contribution in [-0.4, -0.2) is 80.9 Å². The summed E-state index contributed by atoms with van der Waals surface area (Å²) in [4.78, 5) is 23.3. The van der Waals surface area contributed by atoms with E-state index in [-0.39, 0.29) is 30.6 Å². The number of amides is 1. The van der Waals surface area contributed by atoms with Gasteiger partial charge in [0.15, 0.2) is 12.0 Å². The van der Waals surface area contributed by atoms with E-state index in [0.717, 1.165) is 49.1 Å². The SMILES string of the molecule is Cc1ncnc2c1ccn2[C@@H]1O[C@H](CN2CCC[C@H]2CCNC(=O)OC(C)(C)C)[C@H]2OC(C)(C)O[C@H]21. The number of hydrogen-bond acceptors (Lipinski definition) is 8. The maximum Gasteiger partial charge on any atom is 0.407 e. The Labute approximate surface area is 212 Å². The highest BCUT2D eigenvalue weighted by molar-refractivity contribution is 5.78. The molecule has 2 aromatic heterocycles. The standard InChI is InChI=1S/C26H39N5O5/c1-16-18-10-13-31(22(18)29-15-28-16)23-21-20(34-26(5,6)35-21)19(33-23)14-30-12-7-8-17(30)9-11-27-24(32)36-25(2,3)4/h10,13,15,17,19-21,23H,7-9,11-12,14H2,1-6H3,(H,27,32)/t17-,19+,20+,21+,23+/m0/s1. The Balaban J connectivity index is 1.26. The molecule has 0 unspecified atom stereocenters. The molecular weight excluding hydrogens is 462 g/mol. The summed E-state index contributed by atoms with van der Waals surface area (Å²) in [6, 6.07) is 2.41. The Hall–Kier alpha value is -2.27. The molecule has 0 bridgehead atoms. The van der Waals surface area contributed by atoms with Gasteiger partial charge < -0.3 is 28.8 Å². The van der Waals surface area contributed by atoms with Crippen LogP contribution in [0, 0.1) is 6.92 Å². The molecule has 0 radical (unpaired) electrons. The van der Waals surface area contributed by atoms with Crippen LogP contribution >= 0.6 is 0 Å². The molecule has 0 aromatic carbocycles. The molecule has 3 saturated heterocycles. The lowest BCUT2D eigenvalue weighted by molar-refractivity contribution is -0.198. The van der Waals surface area contributed by atoms with Crippen LogP contribution in [0.2, 0.25) is 0 Å². The number of fused-ring (bicyclic) bond motifs is 2. The largest absolute Gasteiger partial charge is 0.444 e. The highest BCUT2D eigenvalue weighted by Crippen LogP contribution is 2.44. The van der Waals surface area contributed by atoms with Gasteiger partial charge in [-0.1, -0.05) is 0 Å². The van der Waals surface area contributed by atoms with Gasteiger partial charge in [-0.3, -0.25) is 4.90 Å². The van der Waals surface area contributed by atoms with E-state index in [2.05, 4.69) is 24.8 Å². The van der Waals surface area contributed by atoms with E-state index in [9.17, 15) is 4.79 Å². The third-order valence-corrected chi connectivity index (χ3v) is 7.17. The van der Waals surface area contributed by atoms with Crippen molar-refractivity contribution in [3.05, 3.63) is 24.3 Å². The van der Waals surface area contributed by atoms with E-state index < -0.39 is 11.4 Å². The molecule has 5 atom stereocenters. The molecule has 3 aliphatic rings. The topological polar surface area (TPSA) is 100.0 Å². The quantitative estimate of drug-likeness (QED) is 0.642. The van der Waals surface area contributed by atoms with E-state index in [1.54, 1.807) is 6.33 Å². The Bertz CT molecular complexity index is 1100. The molecule has 3 aliphatic heterocycles. The van der Waals surface area contributed by atoms with E-state index in [0.29, 0.717) is 12.6 Å². The second kappa shape index (κ2) is 9.55. The van der Waals surface area contributed by atoms with Crippen molar-refractivity contribution < 1.29 is 23.7 Å². The van der Waals surface area contributed by atoms with Gasteiger partial charge in [0.2, 0.25) is 0 Å². The van der Waals surface area contributed by atoms with Gasteiger partial charge in [0, 0.05) is 30.7 Å². The number of hydrogen-bond donors (Lipinski definition) is 1. The fourth-order valence-electron chi connectivity index (χ4n) is 5.68. The van der Waals surface area contributed by atoms with Gasteiger partial charge in [-0.2, -0.15) is 0 Å². The number of rotatable bonds is 6. The second-order valence-corrected chi connectivity index (χ2v) is 11.6. The van der Waals surface area contributed by atoms with Crippen LogP contribution in [-0.2, 0) is 18.9 Å². The molecule has 10 nitrogen and oxygen atoms in total. The number of aromatic nitrogens is 3. The first-order valence-corrected chi connectivity index (χ1v) is 13.0. The van der Waals surface area contributed by atoms with Crippen molar-refractivity contribution in [2.24, 2.45) is 0 Å². The minimum atomic E-state index is -0.675. The summed E-state index contributed by atoms with van der Waals surface area (Å²) in [5, 5.41) is 3.91. The minimum absolute atomic E-state index is 0.137. The Morgan fingerprint density at radius 1 is 1.25 bits per heavy atom. The van der Waals surface area contributed by atoms with Gasteiger partial charge in [0.1, 0.15) is 35.9 Å². The average Bonchev–Trinajstić information content (AvgIpc) is 3.52. The number of carbonyl (C=O) groups is 1. The van der Waals surface area contributed by atoms with Gasteiger partial charge >= 0.3 is 6.09 Å². The highest BCUT2D eigenvalue weighted by Gasteiger charge is 2.56. The Kier molecular flexibility index (Phi) is 6.74. The lowest BCUT2D eigenvalue weighted by atomic mass is 10.1. The van der Waals surface area contributed by atoms with Crippen molar-refractivity contribution in [1.29, 1.82) is 0 Å². The summed E-state index contributed by atoms with van der Waals surface area (Å²) in [5.41, 5.74) is 1.28. The van der Waals surface area contributed by atoms with Crippen molar-refractivity contribution >= 4 is 17.1 Å². The molecule has 0 spiro atoms. The first-order valence-electron chi connectivity index (χ1n) is 13.0. The van der Waals surface area contributed by atoms with E-state index >= 15 is 0 Å². The molecule has 3 fully saturated rings. The summed E-state index contributed by atoms with van der Waals surface area (Å²) in [6.45, 7) is 13.8. The van der Waals surface area contributed by atoms with Crippen molar-refractivity contribution in [2.45, 2.75) is 103 Å². The number of carbonyl (C=O) groups excluding carboxylic acids is 1. The second-order valence-electron chi connectivity index (χ2n) is 11.6. The van der Waals surface area contributed by atoms with Gasteiger partial charge in [-0.15, -0.1) is 0 Å². The molecule has 10 heteroatoms. The van der Waals surface area contributed by atoms with Crippen LogP contribution < -0.4 is 5.32 Å². The molecule has 5 heterocycles. The van der Waals surface area contributed by atoms with Gasteiger partial charge in [-0.05, 0) is 73.4 Å². The van der Waals surface area contributed by atoms with Crippen molar-refractivity contribution in [3.8, 4) is 0 Å². The van der Waals surface area contributed by atoms with E-state index in [1.165, 1.54) is 0 Å². The first-order chi connectivity index (χ1) is 17.0. The molecule has 1 amide bonds. The number of nitrogens with one attached hydrogen (secondary N) is 1. The van der Waals surface area contributed by atoms with Gasteiger partial charge in [0.05, 0.1) is 5.69 Å². The monoisotopic (exact) mass is 501 g/mol. The van der Waals surface area contributed by atoms with Crippen LogP contribution in [0.3, 0.4) is 0 Å². The summed E-state index contributed by atoms with van der Waals surface area (Å²) < 4.78 is 26.8. The summed E-state index contributed by atoms with van der Waals surface area (Å²) in [7, 11) is 0. The maximum absolute atomic E-state index is 12.0. The molecule has 0 aliphatic carbocycles. The number of nitrogens with zero attached hydrogens (tertiary/aromatic N) is 4. The van der Waals surface area contributed by atoms with Crippen molar-refractivity contribution in [1.82, 2.24) is 24.8 Å². The van der Waals surface area contributed by atoms with E-state index in [1.807, 2.05) is 53.8 Å². The maximum atomic E-state index is 12.0. The number of alkyl carbamates (subject to hydrolysis) is 1. The van der Waals surface area contributed by atoms with Crippen LogP contribution in [0.25, 0.3) is 11.0 Å². The van der Waals surface area contributed by atoms with Crippen LogP contribution in [0.15, 0.2) is 18.6 Å². The van der Waals surface area contributed by atoms with Gasteiger partial charge in [0.25, 0.3) is 0 Å². The zero-order chi connectivity index (χ0) is 25.7. The normalized spacial score (nSPS) is 30.1. The summed E-state index contributed by atoms with van der Waals surface area (Å²) in [6.07, 6.45) is 5.45. The number of likely N-dealkylation sites (tertiary alicyclic amines) is 1. The molecule has 5 rings (SSSR count). The fraction of sp³-hybridized carbons (Fsp3) is 0.731. The molecule has 36 heavy (non-hydrogen) atoms. The number of aryl methyl sites for hydroxylation is 1. The molecule has 2 aromatic rings. The van der Waals surface area contributed by atoms with E-state index in [4.69, 9.17) is 18.9 Å². The smallest absolute Gasteiger partial charge is 0.407 e. The lowest BCUT2D eigenvalue weighted by Gasteiger charge is -2.30. The summed E-state index contributed by atoms with van der Waals surface area (Å²) in [5.74, 6) is -0.675. The zero-order valence-corrected chi connectivity index (χ0v) is 22.2.